The number of nitrogens with two attached hydrogens (primary N) is 1. The normalized spacial score (nSPS) is 17.8. The maximum Gasteiger partial charge on any atom is 0.250 e. The van der Waals surface area contributed by atoms with E-state index in [1.54, 1.807) is 4.90 Å². The van der Waals surface area contributed by atoms with Crippen LogP contribution in [-0.2, 0) is 9.47 Å². The van der Waals surface area contributed by atoms with Crippen molar-refractivity contribution >= 4 is 17.6 Å². The number of aromatic amines is 1. The Morgan fingerprint density at radius 2 is 2.21 bits per heavy atom. The van der Waals surface area contributed by atoms with Gasteiger partial charge in [-0.15, -0.1) is 5.10 Å². The fourth-order valence-electron chi connectivity index (χ4n) is 2.50. The maximum absolute atomic E-state index is 13.5. The van der Waals surface area contributed by atoms with Gasteiger partial charge < -0.3 is 20.1 Å². The minimum atomic E-state index is -0.947. The monoisotopic (exact) mass is 339 g/mol. The summed E-state index contributed by atoms with van der Waals surface area (Å²) in [5.41, 5.74) is 5.96. The van der Waals surface area contributed by atoms with Crippen LogP contribution in [0.25, 0.3) is 0 Å². The molecular weight excluding hydrogens is 320 g/mol. The number of nitrogens with zero attached hydrogens (tertiary/aromatic N) is 3. The molecular formula is C15H19F2N5O2. The number of aromatic nitrogens is 3. The molecule has 0 bridgehead atoms. The van der Waals surface area contributed by atoms with E-state index in [0.29, 0.717) is 25.4 Å². The number of ether oxygens (including phenoxy) is 2. The molecule has 3 rings (SSSR count). The first-order valence-corrected chi connectivity index (χ1v) is 7.77. The summed E-state index contributed by atoms with van der Waals surface area (Å²) >= 11 is 0. The number of H-pyrrole nitrogens is 1. The number of hydrogen-bond acceptors (Lipinski definition) is 6. The van der Waals surface area contributed by atoms with Gasteiger partial charge in [0.1, 0.15) is 0 Å². The molecule has 1 atom stereocenters. The van der Waals surface area contributed by atoms with Crippen LogP contribution in [-0.4, -0.2) is 41.2 Å². The molecule has 9 heteroatoms. The van der Waals surface area contributed by atoms with E-state index in [9.17, 15) is 8.78 Å². The van der Waals surface area contributed by atoms with Gasteiger partial charge in [-0.3, -0.25) is 0 Å². The Hall–Kier alpha value is -2.26. The molecule has 0 amide bonds. The van der Waals surface area contributed by atoms with E-state index in [1.165, 1.54) is 6.07 Å². The molecule has 1 unspecified atom stereocenters. The lowest BCUT2D eigenvalue weighted by molar-refractivity contribution is -0.160. The van der Waals surface area contributed by atoms with E-state index in [4.69, 9.17) is 15.2 Å². The van der Waals surface area contributed by atoms with Gasteiger partial charge in [-0.2, -0.15) is 4.98 Å². The van der Waals surface area contributed by atoms with E-state index in [2.05, 4.69) is 15.2 Å². The Labute approximate surface area is 137 Å². The summed E-state index contributed by atoms with van der Waals surface area (Å²) in [6.45, 7) is 1.34. The molecule has 130 valence electrons. The Bertz CT molecular complexity index is 676. The number of benzene rings is 1. The lowest BCUT2D eigenvalue weighted by atomic mass is 10.2. The Morgan fingerprint density at radius 1 is 1.33 bits per heavy atom. The minimum Gasteiger partial charge on any atom is -0.368 e. The summed E-state index contributed by atoms with van der Waals surface area (Å²) in [6.07, 6.45) is 2.72. The molecule has 0 saturated carbocycles. The SMILES string of the molecule is Nc1nc(N(CCOC2CCCCO2)c2ccc(F)c(F)c2)n[nH]1. The average molecular weight is 339 g/mol. The summed E-state index contributed by atoms with van der Waals surface area (Å²) in [7, 11) is 0. The predicted octanol–water partition coefficient (Wildman–Crippen LogP) is 2.35. The van der Waals surface area contributed by atoms with Gasteiger partial charge in [-0.1, -0.05) is 0 Å². The zero-order valence-corrected chi connectivity index (χ0v) is 13.0. The number of nitrogen functional groups attached to an aromatic ring is 1. The van der Waals surface area contributed by atoms with Gasteiger partial charge in [0.25, 0.3) is 5.95 Å². The van der Waals surface area contributed by atoms with Crippen molar-refractivity contribution in [1.29, 1.82) is 0 Å². The van der Waals surface area contributed by atoms with Gasteiger partial charge in [0.05, 0.1) is 6.61 Å². The summed E-state index contributed by atoms with van der Waals surface area (Å²) in [6, 6.07) is 3.58. The van der Waals surface area contributed by atoms with Crippen LogP contribution in [0.5, 0.6) is 0 Å². The van der Waals surface area contributed by atoms with Gasteiger partial charge in [-0.25, -0.2) is 13.9 Å². The molecule has 1 aliphatic heterocycles. The summed E-state index contributed by atoms with van der Waals surface area (Å²) in [4.78, 5) is 5.63. The first kappa shape index (κ1) is 16.6. The third-order valence-electron chi connectivity index (χ3n) is 3.70. The van der Waals surface area contributed by atoms with Crippen LogP contribution in [0.15, 0.2) is 18.2 Å². The van der Waals surface area contributed by atoms with Crippen LogP contribution in [0.1, 0.15) is 19.3 Å². The van der Waals surface area contributed by atoms with E-state index in [0.717, 1.165) is 31.4 Å². The van der Waals surface area contributed by atoms with Gasteiger partial charge in [0.15, 0.2) is 17.9 Å². The molecule has 2 heterocycles. The molecule has 1 aromatic carbocycles. The van der Waals surface area contributed by atoms with E-state index in [-0.39, 0.29) is 18.2 Å². The van der Waals surface area contributed by atoms with Crippen molar-refractivity contribution < 1.29 is 18.3 Å². The smallest absolute Gasteiger partial charge is 0.250 e. The van der Waals surface area contributed by atoms with Crippen molar-refractivity contribution in [3.63, 3.8) is 0 Å². The molecule has 1 aliphatic rings. The maximum atomic E-state index is 13.5. The van der Waals surface area contributed by atoms with Crippen LogP contribution < -0.4 is 10.6 Å². The lowest BCUT2D eigenvalue weighted by Crippen LogP contribution is -2.28. The van der Waals surface area contributed by atoms with Crippen LogP contribution in [0, 0.1) is 11.6 Å². The fraction of sp³-hybridized carbons (Fsp3) is 0.467. The second kappa shape index (κ2) is 7.54. The average Bonchev–Trinajstić information content (AvgIpc) is 3.01. The van der Waals surface area contributed by atoms with Crippen LogP contribution in [0.4, 0.5) is 26.4 Å². The summed E-state index contributed by atoms with van der Waals surface area (Å²) in [5.74, 6) is -1.47. The van der Waals surface area contributed by atoms with Gasteiger partial charge >= 0.3 is 0 Å². The molecule has 1 saturated heterocycles. The lowest BCUT2D eigenvalue weighted by Gasteiger charge is -2.25. The Morgan fingerprint density at radius 3 is 2.88 bits per heavy atom. The zero-order chi connectivity index (χ0) is 16.9. The van der Waals surface area contributed by atoms with E-state index >= 15 is 0 Å². The van der Waals surface area contributed by atoms with Crippen molar-refractivity contribution in [1.82, 2.24) is 15.2 Å². The predicted molar refractivity (Wildman–Crippen MR) is 83.7 cm³/mol. The first-order valence-electron chi connectivity index (χ1n) is 7.77. The zero-order valence-electron chi connectivity index (χ0n) is 13.0. The van der Waals surface area contributed by atoms with Crippen LogP contribution >= 0.6 is 0 Å². The molecule has 0 spiro atoms. The van der Waals surface area contributed by atoms with Crippen molar-refractivity contribution in [3.8, 4) is 0 Å². The highest BCUT2D eigenvalue weighted by molar-refractivity contribution is 5.57. The third-order valence-corrected chi connectivity index (χ3v) is 3.70. The van der Waals surface area contributed by atoms with Gasteiger partial charge in [0.2, 0.25) is 5.95 Å². The highest BCUT2D eigenvalue weighted by Crippen LogP contribution is 2.24. The van der Waals surface area contributed by atoms with E-state index < -0.39 is 11.6 Å². The highest BCUT2D eigenvalue weighted by atomic mass is 19.2. The number of halogens is 2. The molecule has 2 aromatic rings. The highest BCUT2D eigenvalue weighted by Gasteiger charge is 2.18. The van der Waals surface area contributed by atoms with Gasteiger partial charge in [0, 0.05) is 24.9 Å². The molecule has 1 aromatic heterocycles. The quantitative estimate of drug-likeness (QED) is 0.840. The van der Waals surface area contributed by atoms with Crippen molar-refractivity contribution in [2.45, 2.75) is 25.6 Å². The first-order chi connectivity index (χ1) is 11.6. The van der Waals surface area contributed by atoms with Crippen molar-refractivity contribution in [2.24, 2.45) is 0 Å². The Balaban J connectivity index is 1.71. The topological polar surface area (TPSA) is 89.3 Å². The molecule has 0 aliphatic carbocycles. The standard InChI is InChI=1S/C15H19F2N5O2/c16-11-5-4-10(9-12(11)17)22(15-19-14(18)20-21-15)6-8-24-13-3-1-2-7-23-13/h4-5,9,13H,1-3,6-8H2,(H3,18,19,20,21). The molecule has 24 heavy (non-hydrogen) atoms. The van der Waals surface area contributed by atoms with Gasteiger partial charge in [-0.05, 0) is 31.4 Å². The third kappa shape index (κ3) is 3.98. The molecule has 7 nitrogen and oxygen atoms in total. The number of rotatable bonds is 6. The Kier molecular flexibility index (Phi) is 5.21. The number of nitrogens with one attached hydrogen (secondary N) is 1. The van der Waals surface area contributed by atoms with Crippen LogP contribution in [0.2, 0.25) is 0 Å². The number of hydrogen-bond donors (Lipinski definition) is 2. The second-order valence-corrected chi connectivity index (χ2v) is 5.44. The largest absolute Gasteiger partial charge is 0.368 e. The van der Waals surface area contributed by atoms with Crippen molar-refractivity contribution in [3.05, 3.63) is 29.8 Å². The summed E-state index contributed by atoms with van der Waals surface area (Å²) in [5, 5.41) is 6.50. The molecule has 1 fully saturated rings. The van der Waals surface area contributed by atoms with Crippen LogP contribution in [0.3, 0.4) is 0 Å². The van der Waals surface area contributed by atoms with E-state index in [1.807, 2.05) is 0 Å². The number of anilines is 3. The second-order valence-electron chi connectivity index (χ2n) is 5.44. The molecule has 3 N–H and O–H groups in total. The summed E-state index contributed by atoms with van der Waals surface area (Å²) < 4.78 is 37.9. The van der Waals surface area contributed by atoms with Crippen molar-refractivity contribution in [2.75, 3.05) is 30.4 Å². The fourth-order valence-corrected chi connectivity index (χ4v) is 2.50. The molecule has 0 radical (unpaired) electrons. The minimum absolute atomic E-state index is 0.133.